The van der Waals surface area contributed by atoms with Gasteiger partial charge in [-0.2, -0.15) is 0 Å². The Balaban J connectivity index is 3.05. The molecule has 0 spiro atoms. The minimum Gasteiger partial charge on any atom is -0.465 e. The van der Waals surface area contributed by atoms with Crippen molar-refractivity contribution in [2.75, 3.05) is 7.11 Å². The van der Waals surface area contributed by atoms with Gasteiger partial charge in [0.2, 0.25) is 0 Å². The van der Waals surface area contributed by atoms with E-state index in [2.05, 4.69) is 26.8 Å². The summed E-state index contributed by atoms with van der Waals surface area (Å²) in [6.45, 7) is 6.28. The monoisotopic (exact) mass is 233 g/mol. The van der Waals surface area contributed by atoms with E-state index < -0.39 is 0 Å². The van der Waals surface area contributed by atoms with Gasteiger partial charge in [0, 0.05) is 0 Å². The first-order valence-electron chi connectivity index (χ1n) is 6.11. The van der Waals surface area contributed by atoms with Crippen LogP contribution in [0.2, 0.25) is 0 Å². The third-order valence-electron chi connectivity index (χ3n) is 2.81. The van der Waals surface area contributed by atoms with Crippen molar-refractivity contribution in [2.24, 2.45) is 0 Å². The van der Waals surface area contributed by atoms with E-state index in [9.17, 15) is 4.79 Å². The molecule has 1 aromatic carbocycles. The molecule has 0 fully saturated rings. The highest BCUT2D eigenvalue weighted by molar-refractivity contribution is 5.89. The number of esters is 1. The Bertz CT molecular complexity index is 381. The number of unbranched alkanes of at least 4 members (excludes halogenated alkanes) is 1. The van der Waals surface area contributed by atoms with Crippen LogP contribution in [-0.4, -0.2) is 13.1 Å². The molecule has 0 aliphatic rings. The Morgan fingerprint density at radius 2 is 1.82 bits per heavy atom. The second-order valence-corrected chi connectivity index (χ2v) is 4.51. The number of carbonyl (C=O) groups excluding carboxylic acids is 1. The third-order valence-corrected chi connectivity index (χ3v) is 2.81. The zero-order valence-corrected chi connectivity index (χ0v) is 11.2. The molecule has 93 valence electrons. The fourth-order valence-corrected chi connectivity index (χ4v) is 1.74. The van der Waals surface area contributed by atoms with Gasteiger partial charge in [-0.15, -0.1) is 0 Å². The summed E-state index contributed by atoms with van der Waals surface area (Å²) in [5, 5.41) is 0. The maximum Gasteiger partial charge on any atom is 0.337 e. The van der Waals surface area contributed by atoms with Crippen molar-refractivity contribution in [2.45, 2.75) is 40.0 Å². The average molecular weight is 233 g/mol. The second-order valence-electron chi connectivity index (χ2n) is 4.51. The molecule has 0 aliphatic heterocycles. The minimum atomic E-state index is -0.258. The van der Waals surface area contributed by atoms with Crippen LogP contribution in [0.1, 0.15) is 55.1 Å². The van der Waals surface area contributed by atoms with Gasteiger partial charge in [0.1, 0.15) is 0 Å². The van der Waals surface area contributed by atoms with Crippen LogP contribution in [0.15, 0.2) is 18.2 Å². The highest BCUT2D eigenvalue weighted by atomic mass is 16.5. The van der Waals surface area contributed by atoms with Gasteiger partial charge in [-0.3, -0.25) is 0 Å². The summed E-state index contributed by atoms with van der Waals surface area (Å²) >= 11 is 0. The van der Waals surface area contributed by atoms with Crippen molar-refractivity contribution < 1.29 is 9.53 Å². The van der Waals surface area contributed by atoms with Crippen molar-refractivity contribution in [3.05, 3.63) is 40.8 Å². The lowest BCUT2D eigenvalue weighted by Gasteiger charge is -2.10. The molecule has 1 radical (unpaired) electrons. The van der Waals surface area contributed by atoms with Crippen molar-refractivity contribution >= 4 is 5.97 Å². The number of hydrogen-bond donors (Lipinski definition) is 0. The Morgan fingerprint density at radius 1 is 1.18 bits per heavy atom. The van der Waals surface area contributed by atoms with Gasteiger partial charge in [0.05, 0.1) is 12.7 Å². The molecule has 17 heavy (non-hydrogen) atoms. The SMILES string of the molecule is CCCCc1cc([C](C)C)cc(C(=O)OC)c1. The third kappa shape index (κ3) is 3.88. The maximum absolute atomic E-state index is 11.6. The molecule has 0 amide bonds. The number of aryl methyl sites for hydroxylation is 1. The lowest BCUT2D eigenvalue weighted by Crippen LogP contribution is -2.04. The number of benzene rings is 1. The quantitative estimate of drug-likeness (QED) is 0.723. The zero-order chi connectivity index (χ0) is 12.8. The number of hydrogen-bond acceptors (Lipinski definition) is 2. The van der Waals surface area contributed by atoms with E-state index >= 15 is 0 Å². The highest BCUT2D eigenvalue weighted by Crippen LogP contribution is 2.19. The molecule has 0 heterocycles. The van der Waals surface area contributed by atoms with E-state index in [1.165, 1.54) is 18.6 Å². The first-order chi connectivity index (χ1) is 8.08. The number of ether oxygens (including phenoxy) is 1. The van der Waals surface area contributed by atoms with Crippen molar-refractivity contribution in [3.8, 4) is 0 Å². The Morgan fingerprint density at radius 3 is 2.35 bits per heavy atom. The van der Waals surface area contributed by atoms with Crippen LogP contribution in [0.4, 0.5) is 0 Å². The fourth-order valence-electron chi connectivity index (χ4n) is 1.74. The number of carbonyl (C=O) groups is 1. The molecule has 0 saturated carbocycles. The molecule has 1 rings (SSSR count). The summed E-state index contributed by atoms with van der Waals surface area (Å²) in [6.07, 6.45) is 3.32. The van der Waals surface area contributed by atoms with Crippen LogP contribution >= 0.6 is 0 Å². The largest absolute Gasteiger partial charge is 0.465 e. The normalized spacial score (nSPS) is 10.6. The molecule has 2 nitrogen and oxygen atoms in total. The van der Waals surface area contributed by atoms with Gasteiger partial charge in [0.15, 0.2) is 0 Å². The van der Waals surface area contributed by atoms with E-state index in [4.69, 9.17) is 4.74 Å². The smallest absolute Gasteiger partial charge is 0.337 e. The van der Waals surface area contributed by atoms with Gasteiger partial charge in [-0.1, -0.05) is 33.3 Å². The van der Waals surface area contributed by atoms with Gasteiger partial charge in [0.25, 0.3) is 0 Å². The van der Waals surface area contributed by atoms with E-state index in [-0.39, 0.29) is 5.97 Å². The molecule has 0 atom stereocenters. The molecular formula is C15H21O2. The van der Waals surface area contributed by atoms with Crippen LogP contribution < -0.4 is 0 Å². The van der Waals surface area contributed by atoms with Crippen LogP contribution in [0.5, 0.6) is 0 Å². The standard InChI is InChI=1S/C15H21O2/c1-5-6-7-12-8-13(11(2)3)10-14(9-12)15(16)17-4/h8-10H,5-7H2,1-4H3. The molecule has 0 unspecified atom stereocenters. The van der Waals surface area contributed by atoms with E-state index in [0.29, 0.717) is 5.56 Å². The summed E-state index contributed by atoms with van der Waals surface area (Å²) in [6, 6.07) is 6.00. The minimum absolute atomic E-state index is 0.258. The van der Waals surface area contributed by atoms with Crippen molar-refractivity contribution in [3.63, 3.8) is 0 Å². The maximum atomic E-state index is 11.6. The average Bonchev–Trinajstić information content (AvgIpc) is 2.34. The van der Waals surface area contributed by atoms with Gasteiger partial charge in [-0.25, -0.2) is 4.79 Å². The molecule has 1 aromatic rings. The Labute approximate surface area is 104 Å². The highest BCUT2D eigenvalue weighted by Gasteiger charge is 2.10. The van der Waals surface area contributed by atoms with Gasteiger partial charge >= 0.3 is 5.97 Å². The van der Waals surface area contributed by atoms with Crippen LogP contribution in [0, 0.1) is 5.92 Å². The fraction of sp³-hybridized carbons (Fsp3) is 0.467. The predicted molar refractivity (Wildman–Crippen MR) is 70.1 cm³/mol. The molecule has 0 bridgehead atoms. The second kappa shape index (κ2) is 6.43. The van der Waals surface area contributed by atoms with Crippen molar-refractivity contribution in [1.29, 1.82) is 0 Å². The summed E-state index contributed by atoms with van der Waals surface area (Å²) < 4.78 is 4.78. The molecule has 0 N–H and O–H groups in total. The van der Waals surface area contributed by atoms with Crippen molar-refractivity contribution in [1.82, 2.24) is 0 Å². The topological polar surface area (TPSA) is 26.3 Å². The Kier molecular flexibility index (Phi) is 5.20. The summed E-state index contributed by atoms with van der Waals surface area (Å²) in [7, 11) is 1.42. The van der Waals surface area contributed by atoms with Crippen LogP contribution in [0.25, 0.3) is 0 Å². The molecule has 0 aliphatic carbocycles. The van der Waals surface area contributed by atoms with E-state index in [1.54, 1.807) is 0 Å². The van der Waals surface area contributed by atoms with E-state index in [1.807, 2.05) is 12.1 Å². The van der Waals surface area contributed by atoms with Gasteiger partial charge < -0.3 is 4.74 Å². The first-order valence-corrected chi connectivity index (χ1v) is 6.11. The lowest BCUT2D eigenvalue weighted by molar-refractivity contribution is 0.0600. The van der Waals surface area contributed by atoms with Crippen LogP contribution in [-0.2, 0) is 11.2 Å². The molecule has 2 heteroatoms. The molecule has 0 aromatic heterocycles. The summed E-state index contributed by atoms with van der Waals surface area (Å²) in [5.41, 5.74) is 2.99. The van der Waals surface area contributed by atoms with E-state index in [0.717, 1.165) is 24.8 Å². The Hall–Kier alpha value is -1.31. The van der Waals surface area contributed by atoms with Gasteiger partial charge in [-0.05, 0) is 42.0 Å². The molecular weight excluding hydrogens is 212 g/mol. The van der Waals surface area contributed by atoms with Crippen LogP contribution in [0.3, 0.4) is 0 Å². The summed E-state index contributed by atoms with van der Waals surface area (Å²) in [4.78, 5) is 11.6. The number of rotatable bonds is 5. The first kappa shape index (κ1) is 13.8. The zero-order valence-electron chi connectivity index (χ0n) is 11.2. The lowest BCUT2D eigenvalue weighted by atomic mass is 9.95. The number of methoxy groups -OCH3 is 1. The molecule has 0 saturated heterocycles. The predicted octanol–water partition coefficient (Wildman–Crippen LogP) is 3.78. The summed E-state index contributed by atoms with van der Waals surface area (Å²) in [5.74, 6) is 0.958.